The molecule has 2 nitrogen and oxygen atoms in total. The summed E-state index contributed by atoms with van der Waals surface area (Å²) in [6.45, 7) is 0. The van der Waals surface area contributed by atoms with Crippen molar-refractivity contribution < 1.29 is 4.42 Å². The molecule has 0 saturated heterocycles. The van der Waals surface area contributed by atoms with Gasteiger partial charge >= 0.3 is 0 Å². The second kappa shape index (κ2) is 2.43. The minimum atomic E-state index is 0.166. The Morgan fingerprint density at radius 2 is 2.27 bits per heavy atom. The molecule has 0 saturated carbocycles. The Morgan fingerprint density at radius 1 is 1.45 bits per heavy atom. The van der Waals surface area contributed by atoms with Gasteiger partial charge in [0.05, 0.1) is 0 Å². The van der Waals surface area contributed by atoms with Crippen LogP contribution in [0.25, 0.3) is 11.1 Å². The fourth-order valence-corrected chi connectivity index (χ4v) is 1.25. The molecular weight excluding hydrogens is 182 g/mol. The fourth-order valence-electron chi connectivity index (χ4n) is 0.885. The van der Waals surface area contributed by atoms with E-state index in [1.54, 1.807) is 6.07 Å². The van der Waals surface area contributed by atoms with Crippen LogP contribution >= 0.6 is 24.2 Å². The molecule has 0 aliphatic heterocycles. The quantitative estimate of drug-likeness (QED) is 0.639. The fraction of sp³-hybridized carbons (Fsp3) is 0. The number of benzene rings is 1. The minimum Gasteiger partial charge on any atom is -0.428 e. The molecule has 4 heteroatoms. The van der Waals surface area contributed by atoms with Crippen molar-refractivity contribution in [1.82, 2.24) is 4.98 Å². The van der Waals surface area contributed by atoms with E-state index in [1.807, 2.05) is 12.1 Å². The molecule has 0 aliphatic rings. The van der Waals surface area contributed by atoms with Crippen molar-refractivity contribution in [1.29, 1.82) is 0 Å². The summed E-state index contributed by atoms with van der Waals surface area (Å²) in [4.78, 5) is 4.76. The second-order valence-electron chi connectivity index (χ2n) is 2.12. The van der Waals surface area contributed by atoms with Crippen molar-refractivity contribution >= 4 is 35.3 Å². The molecule has 0 amide bonds. The summed E-state index contributed by atoms with van der Waals surface area (Å²) in [5.74, 6) is 0. The van der Waals surface area contributed by atoms with Gasteiger partial charge in [-0.2, -0.15) is 4.98 Å². The van der Waals surface area contributed by atoms with E-state index in [4.69, 9.17) is 16.0 Å². The monoisotopic (exact) mass is 185 g/mol. The van der Waals surface area contributed by atoms with Crippen LogP contribution in [0.4, 0.5) is 0 Å². The Kier molecular flexibility index (Phi) is 1.55. The van der Waals surface area contributed by atoms with Crippen molar-refractivity contribution in [2.75, 3.05) is 0 Å². The first kappa shape index (κ1) is 7.00. The van der Waals surface area contributed by atoms with Gasteiger partial charge in [-0.25, -0.2) is 0 Å². The highest BCUT2D eigenvalue weighted by Gasteiger charge is 2.01. The molecule has 0 N–H and O–H groups in total. The number of hydrogen-bond acceptors (Lipinski definition) is 3. The lowest BCUT2D eigenvalue weighted by molar-refractivity contribution is 0.604. The molecule has 56 valence electrons. The smallest absolute Gasteiger partial charge is 0.293 e. The van der Waals surface area contributed by atoms with Crippen LogP contribution in [0.5, 0.6) is 0 Å². The molecule has 0 atom stereocenters. The van der Waals surface area contributed by atoms with Crippen LogP contribution < -0.4 is 0 Å². The van der Waals surface area contributed by atoms with E-state index in [9.17, 15) is 0 Å². The molecular formula is C7H4ClNOS. The van der Waals surface area contributed by atoms with Gasteiger partial charge in [0.2, 0.25) is 0 Å². The van der Waals surface area contributed by atoms with Crippen LogP contribution in [-0.2, 0) is 0 Å². The molecule has 0 aliphatic carbocycles. The number of nitrogens with zero attached hydrogens (tertiary/aromatic N) is 1. The van der Waals surface area contributed by atoms with Gasteiger partial charge in [0.15, 0.2) is 5.58 Å². The molecule has 1 aromatic heterocycles. The number of halogens is 1. The Labute approximate surface area is 73.6 Å². The van der Waals surface area contributed by atoms with Gasteiger partial charge in [-0.1, -0.05) is 0 Å². The normalized spacial score (nSPS) is 10.7. The van der Waals surface area contributed by atoms with Gasteiger partial charge in [0.25, 0.3) is 5.35 Å². The molecule has 2 rings (SSSR count). The lowest BCUT2D eigenvalue weighted by atomic mass is 10.3. The third-order valence-corrected chi connectivity index (χ3v) is 1.79. The molecule has 0 unspecified atom stereocenters. The van der Waals surface area contributed by atoms with Crippen LogP contribution in [-0.4, -0.2) is 4.98 Å². The predicted molar refractivity (Wildman–Crippen MR) is 46.3 cm³/mol. The molecule has 1 heterocycles. The maximum Gasteiger partial charge on any atom is 0.293 e. The van der Waals surface area contributed by atoms with Crippen LogP contribution in [0.2, 0.25) is 5.35 Å². The molecule has 0 spiro atoms. The Hall–Kier alpha value is -0.670. The molecule has 0 bridgehead atoms. The minimum absolute atomic E-state index is 0.166. The maximum atomic E-state index is 5.53. The molecule has 0 fully saturated rings. The van der Waals surface area contributed by atoms with Crippen LogP contribution in [0.15, 0.2) is 27.5 Å². The third kappa shape index (κ3) is 1.21. The van der Waals surface area contributed by atoms with Gasteiger partial charge in [-0.3, -0.25) is 0 Å². The zero-order valence-corrected chi connectivity index (χ0v) is 7.06. The zero-order valence-electron chi connectivity index (χ0n) is 5.41. The molecule has 0 radical (unpaired) electrons. The number of rotatable bonds is 0. The first-order chi connectivity index (χ1) is 5.25. The van der Waals surface area contributed by atoms with E-state index < -0.39 is 0 Å². The highest BCUT2D eigenvalue weighted by atomic mass is 35.5. The number of thiol groups is 1. The van der Waals surface area contributed by atoms with E-state index in [2.05, 4.69) is 17.6 Å². The van der Waals surface area contributed by atoms with E-state index in [0.717, 1.165) is 10.4 Å². The van der Waals surface area contributed by atoms with Crippen LogP contribution in [0.3, 0.4) is 0 Å². The van der Waals surface area contributed by atoms with E-state index in [0.29, 0.717) is 5.58 Å². The van der Waals surface area contributed by atoms with Gasteiger partial charge in [0.1, 0.15) is 5.52 Å². The molecule has 11 heavy (non-hydrogen) atoms. The average Bonchev–Trinajstić information content (AvgIpc) is 2.27. The summed E-state index contributed by atoms with van der Waals surface area (Å²) >= 11 is 9.67. The lowest BCUT2D eigenvalue weighted by Crippen LogP contribution is -1.66. The lowest BCUT2D eigenvalue weighted by Gasteiger charge is -1.86. The SMILES string of the molecule is Sc1ccc2nc(Cl)oc2c1. The molecule has 2 aromatic rings. The molecule has 1 aromatic carbocycles. The number of aromatic nitrogens is 1. The zero-order chi connectivity index (χ0) is 7.84. The number of hydrogen-bond donors (Lipinski definition) is 1. The van der Waals surface area contributed by atoms with Gasteiger partial charge in [0, 0.05) is 4.90 Å². The Morgan fingerprint density at radius 3 is 3.09 bits per heavy atom. The van der Waals surface area contributed by atoms with Crippen molar-refractivity contribution in [3.05, 3.63) is 23.5 Å². The van der Waals surface area contributed by atoms with E-state index in [-0.39, 0.29) is 5.35 Å². The van der Waals surface area contributed by atoms with Crippen LogP contribution in [0, 0.1) is 0 Å². The Bertz CT molecular complexity index is 398. The van der Waals surface area contributed by atoms with Gasteiger partial charge in [-0.15, -0.1) is 12.6 Å². The largest absolute Gasteiger partial charge is 0.428 e. The number of fused-ring (bicyclic) bond motifs is 1. The van der Waals surface area contributed by atoms with Crippen molar-refractivity contribution in [2.45, 2.75) is 4.90 Å². The first-order valence-corrected chi connectivity index (χ1v) is 3.83. The van der Waals surface area contributed by atoms with Crippen molar-refractivity contribution in [2.24, 2.45) is 0 Å². The standard InChI is InChI=1S/C7H4ClNOS/c8-7-9-5-2-1-4(11)3-6(5)10-7/h1-3,11H. The maximum absolute atomic E-state index is 5.53. The average molecular weight is 186 g/mol. The van der Waals surface area contributed by atoms with Crippen LogP contribution in [0.1, 0.15) is 0 Å². The second-order valence-corrected chi connectivity index (χ2v) is 2.96. The van der Waals surface area contributed by atoms with Crippen molar-refractivity contribution in [3.8, 4) is 0 Å². The van der Waals surface area contributed by atoms with E-state index >= 15 is 0 Å². The first-order valence-electron chi connectivity index (χ1n) is 3.01. The van der Waals surface area contributed by atoms with Gasteiger partial charge in [-0.05, 0) is 29.8 Å². The highest BCUT2D eigenvalue weighted by molar-refractivity contribution is 7.80. The number of oxazole rings is 1. The van der Waals surface area contributed by atoms with Crippen molar-refractivity contribution in [3.63, 3.8) is 0 Å². The van der Waals surface area contributed by atoms with E-state index in [1.165, 1.54) is 0 Å². The summed E-state index contributed by atoms with van der Waals surface area (Å²) in [6.07, 6.45) is 0. The summed E-state index contributed by atoms with van der Waals surface area (Å²) < 4.78 is 5.05. The predicted octanol–water partition coefficient (Wildman–Crippen LogP) is 2.77. The Balaban J connectivity index is 2.82. The topological polar surface area (TPSA) is 26.0 Å². The summed E-state index contributed by atoms with van der Waals surface area (Å²) in [7, 11) is 0. The summed E-state index contributed by atoms with van der Waals surface area (Å²) in [5, 5.41) is 0.166. The summed E-state index contributed by atoms with van der Waals surface area (Å²) in [6, 6.07) is 5.43. The van der Waals surface area contributed by atoms with Gasteiger partial charge < -0.3 is 4.42 Å². The third-order valence-electron chi connectivity index (χ3n) is 1.35. The summed E-state index contributed by atoms with van der Waals surface area (Å²) in [5.41, 5.74) is 1.43. The highest BCUT2D eigenvalue weighted by Crippen LogP contribution is 2.21.